The molecule has 0 N–H and O–H groups in total. The van der Waals surface area contributed by atoms with Crippen molar-refractivity contribution in [1.82, 2.24) is 0 Å². The van der Waals surface area contributed by atoms with Crippen LogP contribution in [0, 0.1) is 37.8 Å². The molecule has 6 aromatic rings. The van der Waals surface area contributed by atoms with Gasteiger partial charge in [-0.2, -0.15) is 12.1 Å². The number of aryl methyl sites for hydroxylation is 2. The second kappa shape index (κ2) is 29.9. The molecule has 0 bridgehead atoms. The van der Waals surface area contributed by atoms with Gasteiger partial charge in [-0.1, -0.05) is 174 Å². The molecule has 0 spiro atoms. The zero-order valence-electron chi connectivity index (χ0n) is 38.5. The van der Waals surface area contributed by atoms with Crippen molar-refractivity contribution in [3.63, 3.8) is 0 Å². The number of fused-ring (bicyclic) bond motifs is 2. The van der Waals surface area contributed by atoms with Crippen LogP contribution >= 0.6 is 34.1 Å². The summed E-state index contributed by atoms with van der Waals surface area (Å²) in [5.74, 6) is 0. The Hall–Kier alpha value is -0.757. The first-order valence-electron chi connectivity index (χ1n) is 23.4. The number of rotatable bonds is 8. The van der Waals surface area contributed by atoms with Gasteiger partial charge in [0, 0.05) is 0 Å². The summed E-state index contributed by atoms with van der Waals surface area (Å²) in [6, 6.07) is 41.4. The quantitative estimate of drug-likeness (QED) is 0.105. The monoisotopic (exact) mass is 1090 g/mol. The van der Waals surface area contributed by atoms with Gasteiger partial charge in [-0.3, -0.25) is 0 Å². The van der Waals surface area contributed by atoms with Crippen molar-refractivity contribution in [2.24, 2.45) is 10.8 Å². The van der Waals surface area contributed by atoms with Gasteiger partial charge in [0.1, 0.15) is 0 Å². The van der Waals surface area contributed by atoms with E-state index in [1.54, 1.807) is 11.1 Å². The molecule has 0 atom stereocenters. The van der Waals surface area contributed by atoms with Gasteiger partial charge in [-0.15, -0.1) is 69.1 Å². The Bertz CT molecular complexity index is 1980. The molecule has 334 valence electrons. The van der Waals surface area contributed by atoms with Gasteiger partial charge in [0.25, 0.3) is 0 Å². The second-order valence-electron chi connectivity index (χ2n) is 18.1. The molecular formula is C56H70Cl4SiZr2. The van der Waals surface area contributed by atoms with Crippen molar-refractivity contribution in [3.8, 4) is 22.3 Å². The maximum atomic E-state index is 4.93. The Balaban J connectivity index is 0.000000233. The molecule has 2 radical (unpaired) electrons. The number of benzene rings is 4. The first kappa shape index (κ1) is 54.8. The number of halogens is 4. The van der Waals surface area contributed by atoms with Gasteiger partial charge in [0.05, 0.1) is 0 Å². The molecule has 7 heteroatoms. The fourth-order valence-electron chi connectivity index (χ4n) is 10.3. The van der Waals surface area contributed by atoms with Gasteiger partial charge >= 0.3 is 75.7 Å². The van der Waals surface area contributed by atoms with Crippen LogP contribution in [0.4, 0.5) is 0 Å². The summed E-state index contributed by atoms with van der Waals surface area (Å²) in [6.45, 7) is 16.0. The van der Waals surface area contributed by atoms with Crippen molar-refractivity contribution in [2.45, 2.75) is 143 Å². The first-order chi connectivity index (χ1) is 30.6. The summed E-state index contributed by atoms with van der Waals surface area (Å²) in [4.78, 5) is 0. The van der Waals surface area contributed by atoms with Crippen LogP contribution in [0.3, 0.4) is 0 Å². The van der Waals surface area contributed by atoms with Crippen molar-refractivity contribution in [3.05, 3.63) is 145 Å². The molecule has 0 heterocycles. The summed E-state index contributed by atoms with van der Waals surface area (Å²) in [5.41, 5.74) is 12.2. The number of hydrogen-bond donors (Lipinski definition) is 0. The van der Waals surface area contributed by atoms with Crippen LogP contribution in [0.2, 0.25) is 0 Å². The van der Waals surface area contributed by atoms with Crippen LogP contribution in [0.25, 0.3) is 43.8 Å². The maximum absolute atomic E-state index is 4.93. The Kier molecular flexibility index (Phi) is 26.0. The van der Waals surface area contributed by atoms with E-state index in [-0.39, 0.29) is 0 Å². The van der Waals surface area contributed by atoms with Crippen LogP contribution in [-0.4, -0.2) is 9.52 Å². The molecule has 6 aromatic carbocycles. The molecule has 2 aliphatic carbocycles. The molecular weight excluding hydrogens is 1020 g/mol. The van der Waals surface area contributed by atoms with Crippen molar-refractivity contribution >= 4 is 65.1 Å². The van der Waals surface area contributed by atoms with E-state index in [0.29, 0.717) is 20.3 Å². The van der Waals surface area contributed by atoms with E-state index in [1.807, 2.05) is 0 Å². The molecule has 0 aliphatic heterocycles. The third kappa shape index (κ3) is 17.4. The third-order valence-electron chi connectivity index (χ3n) is 13.8. The standard InChI is InChI=1S/2C27H33.C2H4Si.4ClH.2Zr/c2*1-3-27(16-7-5-4-6-8-17-27)20-22-18-24-10-9-11-25(26(24)19-22)23-14-12-21(2)13-15-23;1-3-2;;;;;;/h2*9-15,18-19H,3-8,16-17,20H2,1-2H3;1-2H2;4*1H;;/q2*-1;-2;;;;;2*+4/p-4. The molecule has 2 aliphatic rings. The number of hydrogen-bond acceptors (Lipinski definition) is 0. The molecule has 8 rings (SSSR count). The third-order valence-corrected chi connectivity index (χ3v) is 13.8. The van der Waals surface area contributed by atoms with Gasteiger partial charge in [-0.25, -0.2) is 0 Å². The predicted molar refractivity (Wildman–Crippen MR) is 277 cm³/mol. The van der Waals surface area contributed by atoms with Gasteiger partial charge in [-0.05, 0) is 74.3 Å². The van der Waals surface area contributed by atoms with Crippen LogP contribution in [0.15, 0.2) is 109 Å². The SMILES string of the molecule is CCC1(Cc2cc3c(-c4ccc(C)cc4)cccc3[cH-]2)CCCCCCC1.CCC1(Cc2cc3c(-c4ccc(C)cc4)cccc3[cH-]2)CCCCCCC1.[CH2-][Si][CH2-].[Cl][Zr+2][Cl].[Cl][Zr+2][Cl]. The van der Waals surface area contributed by atoms with Crippen LogP contribution in [0.1, 0.15) is 139 Å². The molecule has 0 saturated heterocycles. The van der Waals surface area contributed by atoms with E-state index < -0.39 is 41.7 Å². The summed E-state index contributed by atoms with van der Waals surface area (Å²) < 4.78 is 0. The molecule has 0 amide bonds. The minimum absolute atomic E-state index is 0.523. The normalized spacial score (nSPS) is 15.7. The molecule has 63 heavy (non-hydrogen) atoms. The molecule has 0 aromatic heterocycles. The van der Waals surface area contributed by atoms with Gasteiger partial charge in [0.15, 0.2) is 0 Å². The van der Waals surface area contributed by atoms with Crippen LogP contribution in [-0.2, 0) is 54.5 Å². The van der Waals surface area contributed by atoms with E-state index in [1.165, 1.54) is 171 Å². The fourth-order valence-corrected chi connectivity index (χ4v) is 10.3. The van der Waals surface area contributed by atoms with Crippen molar-refractivity contribution < 1.29 is 41.7 Å². The van der Waals surface area contributed by atoms with Crippen LogP contribution in [0.5, 0.6) is 0 Å². The molecule has 2 saturated carbocycles. The molecule has 0 unspecified atom stereocenters. The molecule has 0 nitrogen and oxygen atoms in total. The average Bonchev–Trinajstić information content (AvgIpc) is 3.88. The zero-order valence-corrected chi connectivity index (χ0v) is 47.5. The molecule has 2 fully saturated rings. The van der Waals surface area contributed by atoms with E-state index in [9.17, 15) is 0 Å². The van der Waals surface area contributed by atoms with E-state index >= 15 is 0 Å². The first-order valence-corrected chi connectivity index (χ1v) is 37.4. The van der Waals surface area contributed by atoms with Crippen molar-refractivity contribution in [1.29, 1.82) is 0 Å². The minimum atomic E-state index is -0.826. The summed E-state index contributed by atoms with van der Waals surface area (Å²) in [7, 11) is 20.3. The fraction of sp³-hybridized carbons (Fsp3) is 0.429. The summed E-state index contributed by atoms with van der Waals surface area (Å²) in [6.07, 6.45) is 25.1. The van der Waals surface area contributed by atoms with Gasteiger partial charge < -0.3 is 22.6 Å². The zero-order chi connectivity index (χ0) is 45.5. The summed E-state index contributed by atoms with van der Waals surface area (Å²) in [5, 5.41) is 5.65. The van der Waals surface area contributed by atoms with E-state index in [2.05, 4.69) is 150 Å². The average molecular weight is 1100 g/mol. The Labute approximate surface area is 423 Å². The van der Waals surface area contributed by atoms with E-state index in [0.717, 1.165) is 0 Å². The van der Waals surface area contributed by atoms with Gasteiger partial charge in [0.2, 0.25) is 0 Å². The van der Waals surface area contributed by atoms with E-state index in [4.69, 9.17) is 34.1 Å². The van der Waals surface area contributed by atoms with Crippen molar-refractivity contribution in [2.75, 3.05) is 0 Å². The summed E-state index contributed by atoms with van der Waals surface area (Å²) >= 11 is -1.65. The topological polar surface area (TPSA) is 0 Å². The Morgan fingerprint density at radius 1 is 0.508 bits per heavy atom. The Morgan fingerprint density at radius 2 is 0.810 bits per heavy atom. The second-order valence-corrected chi connectivity index (χ2v) is 26.0. The Morgan fingerprint density at radius 3 is 1.11 bits per heavy atom. The predicted octanol–water partition coefficient (Wildman–Crippen LogP) is 19.5. The van der Waals surface area contributed by atoms with Crippen LogP contribution < -0.4 is 0 Å².